The molecule has 2 aromatic carbocycles. The molecular formula is C21H25NO. The van der Waals surface area contributed by atoms with E-state index in [-0.39, 0.29) is 12.0 Å². The van der Waals surface area contributed by atoms with Crippen LogP contribution in [0.25, 0.3) is 0 Å². The monoisotopic (exact) mass is 307 g/mol. The molecule has 2 heteroatoms. The first kappa shape index (κ1) is 15.8. The maximum Gasteiger partial charge on any atom is 0.226 e. The Morgan fingerprint density at radius 2 is 1.61 bits per heavy atom. The SMILES string of the molecule is CC(C)C[C@@H]1C[C@@H](c2ccccc2)N(Cc2ccccc2)C1=O. The van der Waals surface area contributed by atoms with E-state index in [1.54, 1.807) is 0 Å². The van der Waals surface area contributed by atoms with Crippen LogP contribution >= 0.6 is 0 Å². The highest BCUT2D eigenvalue weighted by Gasteiger charge is 2.39. The minimum atomic E-state index is 0.156. The van der Waals surface area contributed by atoms with Crippen molar-refractivity contribution in [3.05, 3.63) is 71.8 Å². The zero-order valence-corrected chi connectivity index (χ0v) is 14.0. The molecule has 1 aliphatic heterocycles. The summed E-state index contributed by atoms with van der Waals surface area (Å²) in [4.78, 5) is 15.0. The summed E-state index contributed by atoms with van der Waals surface area (Å²) in [5, 5.41) is 0. The lowest BCUT2D eigenvalue weighted by Crippen LogP contribution is -2.29. The van der Waals surface area contributed by atoms with Crippen LogP contribution < -0.4 is 0 Å². The number of rotatable bonds is 5. The average Bonchev–Trinajstić information content (AvgIpc) is 2.86. The van der Waals surface area contributed by atoms with Crippen molar-refractivity contribution in [1.82, 2.24) is 4.90 Å². The Labute approximate surface area is 139 Å². The summed E-state index contributed by atoms with van der Waals surface area (Å²) in [5.41, 5.74) is 2.45. The van der Waals surface area contributed by atoms with Gasteiger partial charge in [0.1, 0.15) is 0 Å². The van der Waals surface area contributed by atoms with Crippen molar-refractivity contribution in [2.75, 3.05) is 0 Å². The molecule has 0 aliphatic carbocycles. The Kier molecular flexibility index (Phi) is 4.80. The number of hydrogen-bond acceptors (Lipinski definition) is 1. The topological polar surface area (TPSA) is 20.3 Å². The summed E-state index contributed by atoms with van der Waals surface area (Å²) in [7, 11) is 0. The molecule has 0 spiro atoms. The first-order valence-electron chi connectivity index (χ1n) is 8.54. The highest BCUT2D eigenvalue weighted by atomic mass is 16.2. The third kappa shape index (κ3) is 3.64. The van der Waals surface area contributed by atoms with Crippen molar-refractivity contribution < 1.29 is 4.79 Å². The van der Waals surface area contributed by atoms with E-state index in [2.05, 4.69) is 55.1 Å². The Balaban J connectivity index is 1.86. The molecular weight excluding hydrogens is 282 g/mol. The predicted octanol–water partition coefficient (Wildman–Crippen LogP) is 4.82. The van der Waals surface area contributed by atoms with E-state index >= 15 is 0 Å². The van der Waals surface area contributed by atoms with Crippen LogP contribution in [0.2, 0.25) is 0 Å². The lowest BCUT2D eigenvalue weighted by molar-refractivity contribution is -0.133. The molecule has 3 rings (SSSR count). The van der Waals surface area contributed by atoms with Crippen molar-refractivity contribution in [2.45, 2.75) is 39.3 Å². The third-order valence-electron chi connectivity index (χ3n) is 4.65. The van der Waals surface area contributed by atoms with Gasteiger partial charge in [0.05, 0.1) is 6.04 Å². The van der Waals surface area contributed by atoms with E-state index in [1.807, 2.05) is 24.3 Å². The number of nitrogens with zero attached hydrogens (tertiary/aromatic N) is 1. The molecule has 2 nitrogen and oxygen atoms in total. The van der Waals surface area contributed by atoms with Crippen LogP contribution in [0.4, 0.5) is 0 Å². The summed E-state index contributed by atoms with van der Waals surface area (Å²) < 4.78 is 0. The minimum Gasteiger partial charge on any atom is -0.331 e. The largest absolute Gasteiger partial charge is 0.331 e. The smallest absolute Gasteiger partial charge is 0.226 e. The van der Waals surface area contributed by atoms with Gasteiger partial charge in [-0.3, -0.25) is 4.79 Å². The molecule has 0 saturated carbocycles. The van der Waals surface area contributed by atoms with Crippen LogP contribution in [-0.4, -0.2) is 10.8 Å². The highest BCUT2D eigenvalue weighted by Crippen LogP contribution is 2.39. The Morgan fingerprint density at radius 1 is 1.00 bits per heavy atom. The molecule has 1 aliphatic rings. The van der Waals surface area contributed by atoms with E-state index in [0.29, 0.717) is 18.4 Å². The zero-order chi connectivity index (χ0) is 16.2. The second-order valence-electron chi connectivity index (χ2n) is 6.94. The minimum absolute atomic E-state index is 0.156. The normalized spacial score (nSPS) is 21.2. The van der Waals surface area contributed by atoms with Crippen LogP contribution in [0.3, 0.4) is 0 Å². The number of benzene rings is 2. The number of amides is 1. The van der Waals surface area contributed by atoms with Crippen LogP contribution in [-0.2, 0) is 11.3 Å². The number of likely N-dealkylation sites (tertiary alicyclic amines) is 1. The second kappa shape index (κ2) is 6.99. The van der Waals surface area contributed by atoms with Gasteiger partial charge in [-0.1, -0.05) is 74.5 Å². The van der Waals surface area contributed by atoms with Gasteiger partial charge in [-0.25, -0.2) is 0 Å². The summed E-state index contributed by atoms with van der Waals surface area (Å²) in [5.74, 6) is 1.03. The van der Waals surface area contributed by atoms with E-state index in [9.17, 15) is 4.79 Å². The lowest BCUT2D eigenvalue weighted by Gasteiger charge is -2.25. The van der Waals surface area contributed by atoms with Gasteiger partial charge in [-0.15, -0.1) is 0 Å². The molecule has 23 heavy (non-hydrogen) atoms. The molecule has 1 amide bonds. The van der Waals surface area contributed by atoms with E-state index in [1.165, 1.54) is 11.1 Å². The third-order valence-corrected chi connectivity index (χ3v) is 4.65. The molecule has 2 atom stereocenters. The lowest BCUT2D eigenvalue weighted by atomic mass is 9.92. The molecule has 0 aromatic heterocycles. The van der Waals surface area contributed by atoms with Crippen molar-refractivity contribution in [1.29, 1.82) is 0 Å². The van der Waals surface area contributed by atoms with Gasteiger partial charge < -0.3 is 4.90 Å². The van der Waals surface area contributed by atoms with Crippen LogP contribution in [0.15, 0.2) is 60.7 Å². The summed E-state index contributed by atoms with van der Waals surface area (Å²) >= 11 is 0. The molecule has 0 N–H and O–H groups in total. The molecule has 120 valence electrons. The Morgan fingerprint density at radius 3 is 2.22 bits per heavy atom. The summed E-state index contributed by atoms with van der Waals surface area (Å²) in [6.45, 7) is 5.10. The van der Waals surface area contributed by atoms with Crippen molar-refractivity contribution in [2.24, 2.45) is 11.8 Å². The van der Waals surface area contributed by atoms with Gasteiger partial charge in [0.15, 0.2) is 0 Å². The number of carbonyl (C=O) groups excluding carboxylic acids is 1. The molecule has 0 unspecified atom stereocenters. The zero-order valence-electron chi connectivity index (χ0n) is 14.0. The van der Waals surface area contributed by atoms with Gasteiger partial charge in [-0.05, 0) is 29.9 Å². The van der Waals surface area contributed by atoms with Crippen LogP contribution in [0.5, 0.6) is 0 Å². The molecule has 1 heterocycles. The van der Waals surface area contributed by atoms with Crippen molar-refractivity contribution >= 4 is 5.91 Å². The highest BCUT2D eigenvalue weighted by molar-refractivity contribution is 5.81. The van der Waals surface area contributed by atoms with Crippen LogP contribution in [0.1, 0.15) is 43.9 Å². The number of carbonyl (C=O) groups is 1. The van der Waals surface area contributed by atoms with Crippen LogP contribution in [0, 0.1) is 11.8 Å². The standard InChI is InChI=1S/C21H25NO/c1-16(2)13-19-14-20(18-11-7-4-8-12-18)22(21(19)23)15-17-9-5-3-6-10-17/h3-12,16,19-20H,13-15H2,1-2H3/t19-,20+/m1/s1. The maximum absolute atomic E-state index is 13.0. The fourth-order valence-corrected chi connectivity index (χ4v) is 3.61. The fraction of sp³-hybridized carbons (Fsp3) is 0.381. The molecule has 1 saturated heterocycles. The van der Waals surface area contributed by atoms with E-state index < -0.39 is 0 Å². The average molecular weight is 307 g/mol. The molecule has 0 radical (unpaired) electrons. The quantitative estimate of drug-likeness (QED) is 0.775. The number of hydrogen-bond donors (Lipinski definition) is 0. The molecule has 2 aromatic rings. The van der Waals surface area contributed by atoms with Gasteiger partial charge in [0.2, 0.25) is 5.91 Å². The fourth-order valence-electron chi connectivity index (χ4n) is 3.61. The van der Waals surface area contributed by atoms with Gasteiger partial charge in [0.25, 0.3) is 0 Å². The molecule has 1 fully saturated rings. The Hall–Kier alpha value is -2.09. The van der Waals surface area contributed by atoms with Gasteiger partial charge in [-0.2, -0.15) is 0 Å². The summed E-state index contributed by atoms with van der Waals surface area (Å²) in [6.07, 6.45) is 1.92. The molecule has 0 bridgehead atoms. The maximum atomic E-state index is 13.0. The first-order valence-corrected chi connectivity index (χ1v) is 8.54. The van der Waals surface area contributed by atoms with Crippen molar-refractivity contribution in [3.8, 4) is 0 Å². The van der Waals surface area contributed by atoms with Gasteiger partial charge >= 0.3 is 0 Å². The Bertz CT molecular complexity index is 635. The first-order chi connectivity index (χ1) is 11.1. The second-order valence-corrected chi connectivity index (χ2v) is 6.94. The van der Waals surface area contributed by atoms with Crippen molar-refractivity contribution in [3.63, 3.8) is 0 Å². The van der Waals surface area contributed by atoms with E-state index in [4.69, 9.17) is 0 Å². The summed E-state index contributed by atoms with van der Waals surface area (Å²) in [6, 6.07) is 21.0. The predicted molar refractivity (Wildman–Crippen MR) is 93.7 cm³/mol. The van der Waals surface area contributed by atoms with E-state index in [0.717, 1.165) is 12.8 Å². The van der Waals surface area contributed by atoms with Gasteiger partial charge in [0, 0.05) is 12.5 Å².